The van der Waals surface area contributed by atoms with Gasteiger partial charge in [0.1, 0.15) is 12.8 Å². The minimum Gasteiger partial charge on any atom is -0.448 e. The van der Waals surface area contributed by atoms with Crippen molar-refractivity contribution in [3.05, 3.63) is 35.9 Å². The molecule has 0 bridgehead atoms. The SMILES string of the molecule is O=C1OCN[C@@H]1c1ccccc1. The van der Waals surface area contributed by atoms with Crippen LogP contribution in [0.1, 0.15) is 11.6 Å². The molecule has 1 aliphatic heterocycles. The third-order valence-electron chi connectivity index (χ3n) is 1.87. The molecule has 3 heteroatoms. The number of cyclic esters (lactones) is 1. The molecule has 62 valence electrons. The van der Waals surface area contributed by atoms with Crippen LogP contribution in [0.3, 0.4) is 0 Å². The van der Waals surface area contributed by atoms with E-state index in [9.17, 15) is 4.79 Å². The summed E-state index contributed by atoms with van der Waals surface area (Å²) in [6.07, 6.45) is 0. The number of ether oxygens (including phenoxy) is 1. The van der Waals surface area contributed by atoms with Crippen molar-refractivity contribution in [2.24, 2.45) is 0 Å². The molecule has 1 aromatic carbocycles. The highest BCUT2D eigenvalue weighted by atomic mass is 16.6. The molecule has 0 saturated carbocycles. The lowest BCUT2D eigenvalue weighted by atomic mass is 10.1. The molecule has 12 heavy (non-hydrogen) atoms. The van der Waals surface area contributed by atoms with Crippen LogP contribution in [0, 0.1) is 0 Å². The largest absolute Gasteiger partial charge is 0.448 e. The van der Waals surface area contributed by atoms with Crippen LogP contribution >= 0.6 is 0 Å². The summed E-state index contributed by atoms with van der Waals surface area (Å²) < 4.78 is 4.77. The van der Waals surface area contributed by atoms with Gasteiger partial charge in [0.05, 0.1) is 0 Å². The minimum absolute atomic E-state index is 0.193. The molecule has 1 fully saturated rings. The van der Waals surface area contributed by atoms with Gasteiger partial charge in [-0.25, -0.2) is 4.79 Å². The van der Waals surface area contributed by atoms with Gasteiger partial charge in [0.15, 0.2) is 0 Å². The standard InChI is InChI=1S/C9H9NO2/c11-9-8(10-6-12-9)7-4-2-1-3-5-7/h1-5,8,10H,6H2/t8-/m1/s1. The first-order valence-corrected chi connectivity index (χ1v) is 3.83. The maximum Gasteiger partial charge on any atom is 0.329 e. The summed E-state index contributed by atoms with van der Waals surface area (Å²) in [5.74, 6) is -0.193. The molecule has 1 N–H and O–H groups in total. The number of rotatable bonds is 1. The first-order valence-electron chi connectivity index (χ1n) is 3.83. The zero-order chi connectivity index (χ0) is 8.39. The number of hydrogen-bond donors (Lipinski definition) is 1. The Hall–Kier alpha value is -1.35. The first-order chi connectivity index (χ1) is 5.88. The second-order valence-electron chi connectivity index (χ2n) is 2.66. The van der Waals surface area contributed by atoms with Crippen molar-refractivity contribution in [2.75, 3.05) is 6.73 Å². The Morgan fingerprint density at radius 1 is 1.33 bits per heavy atom. The lowest BCUT2D eigenvalue weighted by Gasteiger charge is -2.04. The molecular weight excluding hydrogens is 154 g/mol. The van der Waals surface area contributed by atoms with Crippen molar-refractivity contribution in [1.29, 1.82) is 0 Å². The van der Waals surface area contributed by atoms with Gasteiger partial charge < -0.3 is 4.74 Å². The average molecular weight is 163 g/mol. The summed E-state index contributed by atoms with van der Waals surface area (Å²) in [7, 11) is 0. The normalized spacial score (nSPS) is 22.3. The van der Waals surface area contributed by atoms with E-state index in [4.69, 9.17) is 4.74 Å². The monoisotopic (exact) mass is 163 g/mol. The topological polar surface area (TPSA) is 38.3 Å². The molecule has 1 aromatic rings. The third kappa shape index (κ3) is 1.19. The van der Waals surface area contributed by atoms with E-state index < -0.39 is 0 Å². The van der Waals surface area contributed by atoms with Crippen molar-refractivity contribution in [2.45, 2.75) is 6.04 Å². The fraction of sp³-hybridized carbons (Fsp3) is 0.222. The van der Waals surface area contributed by atoms with Gasteiger partial charge in [-0.15, -0.1) is 0 Å². The van der Waals surface area contributed by atoms with Gasteiger partial charge in [-0.1, -0.05) is 30.3 Å². The molecule has 0 spiro atoms. The Morgan fingerprint density at radius 2 is 2.08 bits per heavy atom. The summed E-state index contributed by atoms with van der Waals surface area (Å²) in [6.45, 7) is 0.318. The number of esters is 1. The summed E-state index contributed by atoms with van der Waals surface area (Å²) >= 11 is 0. The van der Waals surface area contributed by atoms with Gasteiger partial charge in [-0.3, -0.25) is 5.32 Å². The fourth-order valence-electron chi connectivity index (χ4n) is 1.26. The van der Waals surface area contributed by atoms with E-state index in [0.717, 1.165) is 5.56 Å². The highest BCUT2D eigenvalue weighted by Crippen LogP contribution is 2.17. The molecule has 1 heterocycles. The molecule has 0 aliphatic carbocycles. The predicted molar refractivity (Wildman–Crippen MR) is 43.3 cm³/mol. The lowest BCUT2D eigenvalue weighted by molar-refractivity contribution is -0.139. The Kier molecular flexibility index (Phi) is 1.80. The third-order valence-corrected chi connectivity index (χ3v) is 1.87. The Labute approximate surface area is 70.3 Å². The Bertz CT molecular complexity index is 284. The van der Waals surface area contributed by atoms with Gasteiger partial charge in [0.25, 0.3) is 0 Å². The van der Waals surface area contributed by atoms with Crippen molar-refractivity contribution in [1.82, 2.24) is 5.32 Å². The van der Waals surface area contributed by atoms with Crippen LogP contribution in [0.25, 0.3) is 0 Å². The lowest BCUT2D eigenvalue weighted by Crippen LogP contribution is -2.17. The van der Waals surface area contributed by atoms with Gasteiger partial charge in [0, 0.05) is 0 Å². The summed E-state index contributed by atoms with van der Waals surface area (Å²) in [5, 5.41) is 2.95. The van der Waals surface area contributed by atoms with E-state index in [2.05, 4.69) is 5.32 Å². The molecule has 1 aliphatic rings. The van der Waals surface area contributed by atoms with Crippen LogP contribution in [0.2, 0.25) is 0 Å². The molecule has 0 amide bonds. The smallest absolute Gasteiger partial charge is 0.329 e. The summed E-state index contributed by atoms with van der Waals surface area (Å²) in [5.41, 5.74) is 0.958. The fourth-order valence-corrected chi connectivity index (χ4v) is 1.26. The molecule has 0 aromatic heterocycles. The molecule has 2 rings (SSSR count). The second kappa shape index (κ2) is 2.95. The summed E-state index contributed by atoms with van der Waals surface area (Å²) in [6, 6.07) is 9.27. The average Bonchev–Trinajstić information content (AvgIpc) is 2.53. The van der Waals surface area contributed by atoms with E-state index in [1.807, 2.05) is 30.3 Å². The minimum atomic E-state index is -0.272. The first kappa shape index (κ1) is 7.31. The number of benzene rings is 1. The number of hydrogen-bond acceptors (Lipinski definition) is 3. The van der Waals surface area contributed by atoms with Crippen molar-refractivity contribution < 1.29 is 9.53 Å². The van der Waals surface area contributed by atoms with E-state index in [1.54, 1.807) is 0 Å². The maximum absolute atomic E-state index is 11.1. The highest BCUT2D eigenvalue weighted by molar-refractivity contribution is 5.79. The van der Waals surface area contributed by atoms with Crippen LogP contribution in [0.15, 0.2) is 30.3 Å². The van der Waals surface area contributed by atoms with Crippen LogP contribution in [-0.4, -0.2) is 12.7 Å². The van der Waals surface area contributed by atoms with Crippen molar-refractivity contribution >= 4 is 5.97 Å². The summed E-state index contributed by atoms with van der Waals surface area (Å²) in [4.78, 5) is 11.1. The van der Waals surface area contributed by atoms with Gasteiger partial charge in [-0.05, 0) is 5.56 Å². The van der Waals surface area contributed by atoms with E-state index in [-0.39, 0.29) is 12.0 Å². The molecule has 1 saturated heterocycles. The zero-order valence-corrected chi connectivity index (χ0v) is 6.49. The van der Waals surface area contributed by atoms with E-state index in [1.165, 1.54) is 0 Å². The maximum atomic E-state index is 11.1. The second-order valence-corrected chi connectivity index (χ2v) is 2.66. The van der Waals surface area contributed by atoms with Gasteiger partial charge in [-0.2, -0.15) is 0 Å². The Morgan fingerprint density at radius 3 is 2.67 bits per heavy atom. The van der Waals surface area contributed by atoms with Crippen molar-refractivity contribution in [3.8, 4) is 0 Å². The number of carbonyl (C=O) groups excluding carboxylic acids is 1. The van der Waals surface area contributed by atoms with E-state index in [0.29, 0.717) is 6.73 Å². The molecule has 0 radical (unpaired) electrons. The van der Waals surface area contributed by atoms with Crippen molar-refractivity contribution in [3.63, 3.8) is 0 Å². The molecule has 1 atom stereocenters. The number of carbonyl (C=O) groups is 1. The quantitative estimate of drug-likeness (QED) is 0.623. The van der Waals surface area contributed by atoms with Crippen LogP contribution in [0.5, 0.6) is 0 Å². The molecule has 0 unspecified atom stereocenters. The van der Waals surface area contributed by atoms with Crippen LogP contribution in [0.4, 0.5) is 0 Å². The predicted octanol–water partition coefficient (Wildman–Crippen LogP) is 0.832. The van der Waals surface area contributed by atoms with E-state index >= 15 is 0 Å². The van der Waals surface area contributed by atoms with Gasteiger partial charge in [0.2, 0.25) is 0 Å². The molecule has 3 nitrogen and oxygen atoms in total. The number of nitrogens with one attached hydrogen (secondary N) is 1. The van der Waals surface area contributed by atoms with Crippen LogP contribution in [-0.2, 0) is 9.53 Å². The van der Waals surface area contributed by atoms with Gasteiger partial charge >= 0.3 is 5.97 Å². The zero-order valence-electron chi connectivity index (χ0n) is 6.49. The highest BCUT2D eigenvalue weighted by Gasteiger charge is 2.26. The Balaban J connectivity index is 2.25. The molecular formula is C9H9NO2. The van der Waals surface area contributed by atoms with Crippen LogP contribution < -0.4 is 5.32 Å².